The number of ether oxygens (including phenoxy) is 1. The summed E-state index contributed by atoms with van der Waals surface area (Å²) in [6, 6.07) is 14.4. The van der Waals surface area contributed by atoms with Gasteiger partial charge in [-0.25, -0.2) is 9.37 Å². The van der Waals surface area contributed by atoms with Gasteiger partial charge in [-0.1, -0.05) is 36.4 Å². The summed E-state index contributed by atoms with van der Waals surface area (Å²) >= 11 is 1.55. The Morgan fingerprint density at radius 2 is 1.62 bits per heavy atom. The molecule has 0 aliphatic heterocycles. The van der Waals surface area contributed by atoms with Gasteiger partial charge in [-0.3, -0.25) is 4.79 Å². The van der Waals surface area contributed by atoms with E-state index in [0.29, 0.717) is 12.8 Å². The van der Waals surface area contributed by atoms with Gasteiger partial charge in [-0.15, -0.1) is 11.3 Å². The Labute approximate surface area is 143 Å². The van der Waals surface area contributed by atoms with Crippen molar-refractivity contribution in [3.63, 3.8) is 0 Å². The van der Waals surface area contributed by atoms with Gasteiger partial charge in [0.1, 0.15) is 10.8 Å². The van der Waals surface area contributed by atoms with Gasteiger partial charge >= 0.3 is 5.97 Å². The predicted molar refractivity (Wildman–Crippen MR) is 93.3 cm³/mol. The quantitative estimate of drug-likeness (QED) is 0.630. The maximum atomic E-state index is 13.0. The first kappa shape index (κ1) is 16.3. The summed E-state index contributed by atoms with van der Waals surface area (Å²) < 4.78 is 17.6. The van der Waals surface area contributed by atoms with Crippen LogP contribution >= 0.6 is 11.3 Å². The van der Waals surface area contributed by atoms with E-state index in [0.717, 1.165) is 27.4 Å². The van der Waals surface area contributed by atoms with Gasteiger partial charge in [0.05, 0.1) is 19.2 Å². The molecule has 0 saturated carbocycles. The molecular weight excluding hydrogens is 325 g/mol. The van der Waals surface area contributed by atoms with E-state index in [2.05, 4.69) is 9.72 Å². The van der Waals surface area contributed by atoms with Crippen LogP contribution in [0.15, 0.2) is 53.9 Å². The zero-order valence-electron chi connectivity index (χ0n) is 13.2. The Bertz CT molecular complexity index is 825. The third kappa shape index (κ3) is 3.86. The van der Waals surface area contributed by atoms with Crippen molar-refractivity contribution >= 4 is 17.3 Å². The molecule has 0 atom stereocenters. The second kappa shape index (κ2) is 7.36. The van der Waals surface area contributed by atoms with Crippen molar-refractivity contribution in [2.24, 2.45) is 0 Å². The van der Waals surface area contributed by atoms with Gasteiger partial charge in [-0.2, -0.15) is 0 Å². The highest BCUT2D eigenvalue weighted by atomic mass is 32.1. The van der Waals surface area contributed by atoms with Crippen LogP contribution in [0.1, 0.15) is 12.1 Å². The van der Waals surface area contributed by atoms with Crippen LogP contribution in [0, 0.1) is 5.82 Å². The van der Waals surface area contributed by atoms with E-state index in [1.54, 1.807) is 23.5 Å². The van der Waals surface area contributed by atoms with Crippen LogP contribution < -0.4 is 0 Å². The molecule has 0 fully saturated rings. The van der Waals surface area contributed by atoms with Crippen molar-refractivity contribution in [3.8, 4) is 21.7 Å². The van der Waals surface area contributed by atoms with Gasteiger partial charge in [0.25, 0.3) is 0 Å². The highest BCUT2D eigenvalue weighted by Crippen LogP contribution is 2.27. The molecule has 0 unspecified atom stereocenters. The number of aromatic nitrogens is 1. The second-order valence-electron chi connectivity index (χ2n) is 5.30. The van der Waals surface area contributed by atoms with Crippen molar-refractivity contribution in [1.29, 1.82) is 0 Å². The van der Waals surface area contributed by atoms with Crippen molar-refractivity contribution < 1.29 is 13.9 Å². The molecule has 3 rings (SSSR count). The third-order valence-electron chi connectivity index (χ3n) is 3.67. The minimum absolute atomic E-state index is 0.229. The minimum Gasteiger partial charge on any atom is -0.469 e. The standard InChI is InChI=1S/C19H16FNO2S/c1-23-18(22)11-10-17-12-24-19(21-17)15-4-2-13(3-5-15)14-6-8-16(20)9-7-14/h2-9,12H,10-11H2,1H3. The first-order valence-corrected chi connectivity index (χ1v) is 8.41. The van der Waals surface area contributed by atoms with Crippen LogP contribution in [0.3, 0.4) is 0 Å². The number of aryl methyl sites for hydroxylation is 1. The SMILES string of the molecule is COC(=O)CCc1csc(-c2ccc(-c3ccc(F)cc3)cc2)n1. The summed E-state index contributed by atoms with van der Waals surface area (Å²) in [4.78, 5) is 15.7. The number of carbonyl (C=O) groups is 1. The maximum absolute atomic E-state index is 13.0. The van der Waals surface area contributed by atoms with Gasteiger partial charge in [0.15, 0.2) is 0 Å². The summed E-state index contributed by atoms with van der Waals surface area (Å²) in [5.74, 6) is -0.467. The molecule has 122 valence electrons. The summed E-state index contributed by atoms with van der Waals surface area (Å²) in [5, 5.41) is 2.88. The molecular formula is C19H16FNO2S. The van der Waals surface area contributed by atoms with Crippen LogP contribution in [0.2, 0.25) is 0 Å². The van der Waals surface area contributed by atoms with E-state index < -0.39 is 0 Å². The number of nitrogens with zero attached hydrogens (tertiary/aromatic N) is 1. The number of hydrogen-bond acceptors (Lipinski definition) is 4. The lowest BCUT2D eigenvalue weighted by atomic mass is 10.0. The van der Waals surface area contributed by atoms with Crippen LogP contribution in [-0.2, 0) is 16.0 Å². The normalized spacial score (nSPS) is 10.6. The molecule has 1 aromatic heterocycles. The monoisotopic (exact) mass is 341 g/mol. The summed E-state index contributed by atoms with van der Waals surface area (Å²) in [6.07, 6.45) is 0.917. The summed E-state index contributed by atoms with van der Waals surface area (Å²) in [7, 11) is 1.39. The Kier molecular flexibility index (Phi) is 5.01. The third-order valence-corrected chi connectivity index (χ3v) is 4.61. The van der Waals surface area contributed by atoms with Gasteiger partial charge in [0, 0.05) is 17.4 Å². The Balaban J connectivity index is 1.73. The fraction of sp³-hybridized carbons (Fsp3) is 0.158. The molecule has 3 aromatic rings. The number of methoxy groups -OCH3 is 1. The largest absolute Gasteiger partial charge is 0.469 e. The Morgan fingerprint density at radius 1 is 1.04 bits per heavy atom. The smallest absolute Gasteiger partial charge is 0.305 e. The Hall–Kier alpha value is -2.53. The van der Waals surface area contributed by atoms with E-state index in [1.165, 1.54) is 19.2 Å². The number of benzene rings is 2. The number of hydrogen-bond donors (Lipinski definition) is 0. The maximum Gasteiger partial charge on any atom is 0.305 e. The van der Waals surface area contributed by atoms with Crippen LogP contribution in [0.4, 0.5) is 4.39 Å². The van der Waals surface area contributed by atoms with E-state index in [4.69, 9.17) is 0 Å². The molecule has 0 spiro atoms. The molecule has 24 heavy (non-hydrogen) atoms. The topological polar surface area (TPSA) is 39.2 Å². The molecule has 0 radical (unpaired) electrons. The molecule has 0 aliphatic rings. The Morgan fingerprint density at radius 3 is 2.25 bits per heavy atom. The lowest BCUT2D eigenvalue weighted by Gasteiger charge is -2.03. The van der Waals surface area contributed by atoms with Crippen molar-refractivity contribution in [3.05, 3.63) is 65.4 Å². The molecule has 1 heterocycles. The number of carbonyl (C=O) groups excluding carboxylic acids is 1. The lowest BCUT2D eigenvalue weighted by molar-refractivity contribution is -0.140. The van der Waals surface area contributed by atoms with Gasteiger partial charge < -0.3 is 4.74 Å². The van der Waals surface area contributed by atoms with Crippen molar-refractivity contribution in [2.45, 2.75) is 12.8 Å². The van der Waals surface area contributed by atoms with E-state index in [1.807, 2.05) is 29.6 Å². The second-order valence-corrected chi connectivity index (χ2v) is 6.16. The minimum atomic E-state index is -0.238. The first-order chi connectivity index (χ1) is 11.7. The van der Waals surface area contributed by atoms with E-state index in [-0.39, 0.29) is 11.8 Å². The highest BCUT2D eigenvalue weighted by Gasteiger charge is 2.08. The van der Waals surface area contributed by atoms with Crippen LogP contribution in [0.25, 0.3) is 21.7 Å². The van der Waals surface area contributed by atoms with E-state index in [9.17, 15) is 9.18 Å². The van der Waals surface area contributed by atoms with Crippen molar-refractivity contribution in [1.82, 2.24) is 4.98 Å². The number of rotatable bonds is 5. The lowest BCUT2D eigenvalue weighted by Crippen LogP contribution is -2.01. The van der Waals surface area contributed by atoms with Gasteiger partial charge in [-0.05, 0) is 23.3 Å². The van der Waals surface area contributed by atoms with Crippen molar-refractivity contribution in [2.75, 3.05) is 7.11 Å². The molecule has 3 nitrogen and oxygen atoms in total. The molecule has 0 N–H and O–H groups in total. The molecule has 0 amide bonds. The zero-order chi connectivity index (χ0) is 16.9. The summed E-state index contributed by atoms with van der Waals surface area (Å²) in [5.41, 5.74) is 3.92. The molecule has 0 saturated heterocycles. The molecule has 0 aliphatic carbocycles. The zero-order valence-corrected chi connectivity index (χ0v) is 14.0. The fourth-order valence-electron chi connectivity index (χ4n) is 2.33. The average molecular weight is 341 g/mol. The number of esters is 1. The highest BCUT2D eigenvalue weighted by molar-refractivity contribution is 7.13. The first-order valence-electron chi connectivity index (χ1n) is 7.53. The van der Waals surface area contributed by atoms with E-state index >= 15 is 0 Å². The molecule has 2 aromatic carbocycles. The van der Waals surface area contributed by atoms with Gasteiger partial charge in [0.2, 0.25) is 0 Å². The predicted octanol–water partition coefficient (Wildman–Crippen LogP) is 4.72. The summed E-state index contributed by atoms with van der Waals surface area (Å²) in [6.45, 7) is 0. The van der Waals surface area contributed by atoms with Crippen LogP contribution in [0.5, 0.6) is 0 Å². The number of halogens is 1. The average Bonchev–Trinajstić information content (AvgIpc) is 3.09. The fourth-order valence-corrected chi connectivity index (χ4v) is 3.19. The molecule has 0 bridgehead atoms. The van der Waals surface area contributed by atoms with Crippen LogP contribution in [-0.4, -0.2) is 18.1 Å². The molecule has 5 heteroatoms. The number of thiazole rings is 1.